The Hall–Kier alpha value is -2.78. The minimum atomic E-state index is -4.84. The number of nitrogens with one attached hydrogen (secondary N) is 1. The molecule has 1 unspecified atom stereocenters. The van der Waals surface area contributed by atoms with E-state index in [1.54, 1.807) is 0 Å². The average molecular weight is 398 g/mol. The van der Waals surface area contributed by atoms with E-state index in [2.05, 4.69) is 5.32 Å². The van der Waals surface area contributed by atoms with Crippen LogP contribution in [0.4, 0.5) is 18.9 Å². The SMILES string of the molecule is O=C1CC2(CCCCC2)NC(=O)C1C(=O)c1ccc(C(F)(F)F)cc1[N+](=O)[O-]. The molecule has 1 aromatic rings. The van der Waals surface area contributed by atoms with E-state index in [4.69, 9.17) is 0 Å². The van der Waals surface area contributed by atoms with E-state index >= 15 is 0 Å². The molecule has 28 heavy (non-hydrogen) atoms. The van der Waals surface area contributed by atoms with Crippen molar-refractivity contribution in [1.29, 1.82) is 0 Å². The number of hydrogen-bond donors (Lipinski definition) is 1. The lowest BCUT2D eigenvalue weighted by Gasteiger charge is -2.42. The summed E-state index contributed by atoms with van der Waals surface area (Å²) in [6, 6.07) is 1.41. The van der Waals surface area contributed by atoms with Gasteiger partial charge in [-0.2, -0.15) is 13.2 Å². The van der Waals surface area contributed by atoms with E-state index in [9.17, 15) is 37.7 Å². The number of piperidine rings is 1. The summed E-state index contributed by atoms with van der Waals surface area (Å²) >= 11 is 0. The van der Waals surface area contributed by atoms with Gasteiger partial charge in [-0.15, -0.1) is 0 Å². The van der Waals surface area contributed by atoms with Crippen LogP contribution in [0.2, 0.25) is 0 Å². The lowest BCUT2D eigenvalue weighted by molar-refractivity contribution is -0.385. The van der Waals surface area contributed by atoms with Gasteiger partial charge in [-0.1, -0.05) is 19.3 Å². The van der Waals surface area contributed by atoms with Gasteiger partial charge in [0.05, 0.1) is 16.1 Å². The zero-order chi connectivity index (χ0) is 20.7. The number of rotatable bonds is 3. The minimum absolute atomic E-state index is 0.0659. The molecule has 1 aliphatic carbocycles. The molecule has 0 bridgehead atoms. The van der Waals surface area contributed by atoms with Crippen LogP contribution in [-0.2, 0) is 15.8 Å². The summed E-state index contributed by atoms with van der Waals surface area (Å²) in [4.78, 5) is 47.8. The predicted molar refractivity (Wildman–Crippen MR) is 89.5 cm³/mol. The monoisotopic (exact) mass is 398 g/mol. The van der Waals surface area contributed by atoms with Gasteiger partial charge in [0.1, 0.15) is 0 Å². The zero-order valence-electron chi connectivity index (χ0n) is 14.7. The van der Waals surface area contributed by atoms with Crippen molar-refractivity contribution in [2.24, 2.45) is 5.92 Å². The fraction of sp³-hybridized carbons (Fsp3) is 0.500. The molecule has 10 heteroatoms. The predicted octanol–water partition coefficient (Wildman–Crippen LogP) is 3.20. The van der Waals surface area contributed by atoms with Crippen LogP contribution in [0.1, 0.15) is 54.4 Å². The Morgan fingerprint density at radius 3 is 2.36 bits per heavy atom. The van der Waals surface area contributed by atoms with Gasteiger partial charge in [0.15, 0.2) is 17.5 Å². The van der Waals surface area contributed by atoms with Gasteiger partial charge in [-0.3, -0.25) is 24.5 Å². The number of benzene rings is 1. The number of hydrogen-bond acceptors (Lipinski definition) is 5. The van der Waals surface area contributed by atoms with E-state index in [-0.39, 0.29) is 12.5 Å². The molecule has 1 saturated heterocycles. The summed E-state index contributed by atoms with van der Waals surface area (Å²) in [5, 5.41) is 13.9. The van der Waals surface area contributed by atoms with Crippen LogP contribution in [0.25, 0.3) is 0 Å². The maximum absolute atomic E-state index is 12.8. The van der Waals surface area contributed by atoms with Gasteiger partial charge in [-0.05, 0) is 25.0 Å². The Morgan fingerprint density at radius 1 is 1.18 bits per heavy atom. The number of nitro benzene ring substituents is 1. The third-order valence-corrected chi connectivity index (χ3v) is 5.35. The Kier molecular flexibility index (Phi) is 4.99. The Morgan fingerprint density at radius 2 is 1.82 bits per heavy atom. The molecular formula is C18H17F3N2O5. The number of Topliss-reactive ketones (excluding diaryl/α,β-unsaturated/α-hetero) is 2. The smallest absolute Gasteiger partial charge is 0.349 e. The second-order valence-corrected chi connectivity index (χ2v) is 7.26. The number of halogens is 3. The maximum atomic E-state index is 12.8. The molecule has 0 radical (unpaired) electrons. The number of ketones is 2. The van der Waals surface area contributed by atoms with E-state index < -0.39 is 56.8 Å². The molecule has 1 N–H and O–H groups in total. The highest BCUT2D eigenvalue weighted by molar-refractivity contribution is 6.26. The molecule has 3 rings (SSSR count). The van der Waals surface area contributed by atoms with Crippen LogP contribution < -0.4 is 5.32 Å². The summed E-state index contributed by atoms with van der Waals surface area (Å²) in [6.45, 7) is 0. The van der Waals surface area contributed by atoms with E-state index in [0.29, 0.717) is 25.0 Å². The minimum Gasteiger partial charge on any atom is -0.349 e. The highest BCUT2D eigenvalue weighted by Gasteiger charge is 2.49. The van der Waals surface area contributed by atoms with Crippen molar-refractivity contribution in [2.45, 2.75) is 50.2 Å². The van der Waals surface area contributed by atoms with Crippen molar-refractivity contribution < 1.29 is 32.5 Å². The molecule has 1 spiro atoms. The lowest BCUT2D eigenvalue weighted by atomic mass is 9.72. The fourth-order valence-electron chi connectivity index (χ4n) is 3.98. The van der Waals surface area contributed by atoms with Crippen LogP contribution in [0, 0.1) is 16.0 Å². The van der Waals surface area contributed by atoms with E-state index in [1.807, 2.05) is 0 Å². The van der Waals surface area contributed by atoms with Crippen molar-refractivity contribution in [3.05, 3.63) is 39.4 Å². The summed E-state index contributed by atoms with van der Waals surface area (Å²) < 4.78 is 38.5. The second-order valence-electron chi connectivity index (χ2n) is 7.26. The Labute approximate surface area is 157 Å². The van der Waals surface area contributed by atoms with E-state index in [0.717, 1.165) is 19.3 Å². The summed E-state index contributed by atoms with van der Waals surface area (Å²) in [6.07, 6.45) is -1.06. The van der Waals surface area contributed by atoms with Crippen molar-refractivity contribution in [3.63, 3.8) is 0 Å². The van der Waals surface area contributed by atoms with Crippen LogP contribution in [0.5, 0.6) is 0 Å². The number of carbonyl (C=O) groups is 3. The first-order valence-electron chi connectivity index (χ1n) is 8.79. The topological polar surface area (TPSA) is 106 Å². The van der Waals surface area contributed by atoms with Crippen LogP contribution in [0.15, 0.2) is 18.2 Å². The number of alkyl halides is 3. The van der Waals surface area contributed by atoms with Crippen molar-refractivity contribution in [1.82, 2.24) is 5.32 Å². The summed E-state index contributed by atoms with van der Waals surface area (Å²) in [5.74, 6) is -4.46. The van der Waals surface area contributed by atoms with Gasteiger partial charge in [-0.25, -0.2) is 0 Å². The highest BCUT2D eigenvalue weighted by Crippen LogP contribution is 2.37. The number of nitro groups is 1. The number of nitrogens with zero attached hydrogens (tertiary/aromatic N) is 1. The van der Waals surface area contributed by atoms with Crippen LogP contribution in [-0.4, -0.2) is 27.9 Å². The molecule has 1 aromatic carbocycles. The van der Waals surface area contributed by atoms with Gasteiger partial charge in [0.2, 0.25) is 5.91 Å². The van der Waals surface area contributed by atoms with Gasteiger partial charge >= 0.3 is 6.18 Å². The molecule has 2 aliphatic rings. The molecule has 1 heterocycles. The van der Waals surface area contributed by atoms with Gasteiger partial charge < -0.3 is 5.32 Å². The Bertz CT molecular complexity index is 839. The number of amides is 1. The van der Waals surface area contributed by atoms with Gasteiger partial charge in [0, 0.05) is 18.0 Å². The molecule has 7 nitrogen and oxygen atoms in total. The molecule has 0 aromatic heterocycles. The zero-order valence-corrected chi connectivity index (χ0v) is 14.7. The molecule has 1 saturated carbocycles. The van der Waals surface area contributed by atoms with Gasteiger partial charge in [0.25, 0.3) is 5.69 Å². The molecule has 1 aliphatic heterocycles. The quantitative estimate of drug-likeness (QED) is 0.364. The number of carbonyl (C=O) groups excluding carboxylic acids is 3. The van der Waals surface area contributed by atoms with Crippen molar-refractivity contribution in [2.75, 3.05) is 0 Å². The maximum Gasteiger partial charge on any atom is 0.416 e. The Balaban J connectivity index is 1.93. The largest absolute Gasteiger partial charge is 0.416 e. The standard InChI is InChI=1S/C18H17F3N2O5/c19-18(20,21)10-4-5-11(12(8-10)23(27)28)15(25)14-13(24)9-17(22-16(14)26)6-2-1-3-7-17/h4-5,8,14H,1-3,6-7,9H2,(H,22,26). The summed E-state index contributed by atoms with van der Waals surface area (Å²) in [7, 11) is 0. The first kappa shape index (κ1) is 20.0. The highest BCUT2D eigenvalue weighted by atomic mass is 19.4. The summed E-state index contributed by atoms with van der Waals surface area (Å²) in [5.41, 5.74) is -3.77. The van der Waals surface area contributed by atoms with Crippen LogP contribution >= 0.6 is 0 Å². The first-order chi connectivity index (χ1) is 13.0. The second kappa shape index (κ2) is 6.99. The molecule has 1 atom stereocenters. The lowest BCUT2D eigenvalue weighted by Crippen LogP contribution is -2.60. The molecular weight excluding hydrogens is 381 g/mol. The third-order valence-electron chi connectivity index (χ3n) is 5.35. The van der Waals surface area contributed by atoms with Crippen molar-refractivity contribution in [3.8, 4) is 0 Å². The normalized spacial score (nSPS) is 22.0. The fourth-order valence-corrected chi connectivity index (χ4v) is 3.98. The first-order valence-corrected chi connectivity index (χ1v) is 8.79. The van der Waals surface area contributed by atoms with Crippen molar-refractivity contribution >= 4 is 23.2 Å². The third kappa shape index (κ3) is 3.63. The van der Waals surface area contributed by atoms with Crippen LogP contribution in [0.3, 0.4) is 0 Å². The molecule has 150 valence electrons. The molecule has 2 fully saturated rings. The average Bonchev–Trinajstić information content (AvgIpc) is 2.60. The molecule has 1 amide bonds. The van der Waals surface area contributed by atoms with E-state index in [1.165, 1.54) is 0 Å².